The number of thiophene rings is 3. The van der Waals surface area contributed by atoms with Crippen LogP contribution in [0, 0.1) is 49.9 Å². The first-order chi connectivity index (χ1) is 54.1. The summed E-state index contributed by atoms with van der Waals surface area (Å²) in [5.74, 6) is -2.79. The van der Waals surface area contributed by atoms with Crippen LogP contribution in [-0.4, -0.2) is 104 Å². The smallest absolute Gasteiger partial charge is 0.490 e. The van der Waals surface area contributed by atoms with Gasteiger partial charge in [0.1, 0.15) is 4.34 Å². The van der Waals surface area contributed by atoms with Crippen LogP contribution in [0.1, 0.15) is 213 Å². The van der Waals surface area contributed by atoms with E-state index in [1.807, 2.05) is 120 Å². The van der Waals surface area contributed by atoms with Gasteiger partial charge in [-0.05, 0) is 315 Å². The van der Waals surface area contributed by atoms with Gasteiger partial charge in [0.15, 0.2) is 76.1 Å². The van der Waals surface area contributed by atoms with Crippen molar-refractivity contribution >= 4 is 92.0 Å². The number of ether oxygens (including phenoxy) is 10. The third-order valence-corrected chi connectivity index (χ3v) is 25.1. The van der Waals surface area contributed by atoms with Gasteiger partial charge < -0.3 is 61.8 Å². The lowest BCUT2D eigenvalue weighted by molar-refractivity contribution is -0.167. The molecule has 1 fully saturated rings. The fourth-order valence-corrected chi connectivity index (χ4v) is 19.1. The molecular formula is C88H102BBrClF5O16S3. The van der Waals surface area contributed by atoms with E-state index in [1.165, 1.54) is 64.3 Å². The highest BCUT2D eigenvalue weighted by molar-refractivity contribution is 9.10. The van der Waals surface area contributed by atoms with E-state index in [0.29, 0.717) is 134 Å². The predicted molar refractivity (Wildman–Crippen MR) is 444 cm³/mol. The highest BCUT2D eigenvalue weighted by atomic mass is 79.9. The van der Waals surface area contributed by atoms with Gasteiger partial charge in [0, 0.05) is 52.2 Å². The Morgan fingerprint density at radius 3 is 1.09 bits per heavy atom. The van der Waals surface area contributed by atoms with Crippen molar-refractivity contribution in [2.45, 2.75) is 235 Å². The van der Waals surface area contributed by atoms with Gasteiger partial charge in [0.2, 0.25) is 0 Å². The number of benzene rings is 5. The SMILES string of the molecule is CC1(C)OB(c2cc(F)c3c(c2)CCCO3)OC1(C)C.CCOC(=O)C(OC(C)(C)C)c1c(C)sc(-c2cc(F)c3c(c2)CCCO3)c1-c1cc(F)c2c(c1)CCCO2.CCOC(=O)C(OC(C)(C)C)c1c(C)sc(Cl)c1Br.Cc1sc(-c2cc(F)c3c(c2)CCCO3)c(-c2cc(F)c3c(c2)CCCO3)c1C(OC(C)(C)C)C(=O)O. The second-order valence-corrected chi connectivity index (χ2v) is 38.1. The summed E-state index contributed by atoms with van der Waals surface area (Å²) in [5.41, 5.74) is 7.35. The van der Waals surface area contributed by atoms with Crippen LogP contribution in [0.3, 0.4) is 0 Å². The van der Waals surface area contributed by atoms with Crippen LogP contribution in [-0.2, 0) is 79.5 Å². The number of aliphatic carboxylic acids is 1. The molecule has 16 nitrogen and oxygen atoms in total. The van der Waals surface area contributed by atoms with E-state index in [4.69, 9.17) is 68.3 Å². The Morgan fingerprint density at radius 1 is 0.470 bits per heavy atom. The number of carbonyl (C=O) groups is 3. The van der Waals surface area contributed by atoms with Crippen LogP contribution in [0.25, 0.3) is 43.1 Å². The number of esters is 2. The standard InChI is InChI=1S/C31H34F2O5S.C29H30F2O5S.C15H20BFO3.C13H18BrClO3S/c1-6-35-30(34)28(38-31(3,4)5)24-17(2)39-29(21-14-19-10-8-12-37-27(19)23(33)16-21)25(24)20-13-18-9-7-11-36-26(18)22(32)15-20;1-15-22(26(28(32)33)36-29(2,3)4)23(18-11-16-7-5-9-34-24(16)20(30)13-18)27(37-15)19-12-17-8-6-10-35-25(17)21(31)14-19;1-14(2)15(3,4)20-16(19-14)11-8-10-6-5-7-18-13(10)12(17)9-11;1-6-17-12(16)10(18-13(3,4)5)8-7(2)19-11(15)9(8)14/h13-16,28H,6-12H2,1-5H3;11-14,26H,5-10H2,1-4H3,(H,32,33);8-9H,5-7H2,1-4H3;10H,6H2,1-5H3. The zero-order valence-corrected chi connectivity index (χ0v) is 73.3. The number of rotatable bonds is 16. The van der Waals surface area contributed by atoms with Crippen LogP contribution in [0.5, 0.6) is 28.7 Å². The third-order valence-electron chi connectivity index (χ3n) is 20.2. The number of carbonyl (C=O) groups excluding carboxylic acids is 2. The molecule has 5 aromatic carbocycles. The fraction of sp³-hybridized carbons (Fsp3) is 0.489. The zero-order chi connectivity index (χ0) is 83.7. The zero-order valence-electron chi connectivity index (χ0n) is 68.5. The van der Waals surface area contributed by atoms with Crippen LogP contribution in [0.15, 0.2) is 65.1 Å². The third kappa shape index (κ3) is 20.4. The van der Waals surface area contributed by atoms with Crippen molar-refractivity contribution < 1.29 is 98.1 Å². The average molecular weight is 1730 g/mol. The summed E-state index contributed by atoms with van der Waals surface area (Å²) in [7, 11) is -0.526. The minimum absolute atomic E-state index is 0.190. The van der Waals surface area contributed by atoms with Crippen molar-refractivity contribution in [3.8, 4) is 71.9 Å². The molecule has 14 rings (SSSR count). The molecule has 0 aliphatic carbocycles. The Bertz CT molecular complexity index is 4920. The molecule has 0 amide bonds. The molecule has 3 unspecified atom stereocenters. The number of carboxylic acid groups (broad SMARTS) is 1. The quantitative estimate of drug-likeness (QED) is 0.0547. The molecule has 1 N–H and O–H groups in total. The van der Waals surface area contributed by atoms with Crippen LogP contribution >= 0.6 is 61.5 Å². The Hall–Kier alpha value is -7.11. The topological polar surface area (TPSA) is 182 Å². The van der Waals surface area contributed by atoms with Crippen molar-refractivity contribution in [2.24, 2.45) is 0 Å². The first-order valence-electron chi connectivity index (χ1n) is 39.0. The van der Waals surface area contributed by atoms with E-state index < -0.39 is 94.6 Å². The Labute approximate surface area is 696 Å². The molecule has 3 atom stereocenters. The summed E-state index contributed by atoms with van der Waals surface area (Å²) in [6.45, 7) is 36.8. The summed E-state index contributed by atoms with van der Waals surface area (Å²) in [6, 6.07) is 16.7. The van der Waals surface area contributed by atoms with Crippen LogP contribution < -0.4 is 29.1 Å². The van der Waals surface area contributed by atoms with Crippen molar-refractivity contribution in [1.82, 2.24) is 0 Å². The maximum absolute atomic E-state index is 15.4. The molecule has 6 aliphatic rings. The summed E-state index contributed by atoms with van der Waals surface area (Å²) in [4.78, 5) is 41.8. The molecule has 9 heterocycles. The first-order valence-corrected chi connectivity index (χ1v) is 42.6. The average Bonchev–Trinajstić information content (AvgIpc) is 1.63. The Kier molecular flexibility index (Phi) is 27.9. The molecule has 3 aromatic heterocycles. The molecule has 115 heavy (non-hydrogen) atoms. The first kappa shape index (κ1) is 88.7. The molecule has 8 aromatic rings. The van der Waals surface area contributed by atoms with Gasteiger partial charge in [-0.15, -0.1) is 34.0 Å². The maximum Gasteiger partial charge on any atom is 0.494 e. The largest absolute Gasteiger partial charge is 0.494 e. The van der Waals surface area contributed by atoms with Crippen LogP contribution in [0.2, 0.25) is 4.34 Å². The second kappa shape index (κ2) is 36.2. The Balaban J connectivity index is 0.000000158. The highest BCUT2D eigenvalue weighted by Gasteiger charge is 2.52. The van der Waals surface area contributed by atoms with E-state index in [2.05, 4.69) is 15.9 Å². The van der Waals surface area contributed by atoms with Gasteiger partial charge in [-0.25, -0.2) is 36.3 Å². The van der Waals surface area contributed by atoms with E-state index >= 15 is 17.6 Å². The number of halogens is 7. The van der Waals surface area contributed by atoms with Crippen molar-refractivity contribution in [1.29, 1.82) is 0 Å². The lowest BCUT2D eigenvalue weighted by Gasteiger charge is -2.32. The van der Waals surface area contributed by atoms with E-state index in [9.17, 15) is 23.9 Å². The minimum atomic E-state index is -1.29. The summed E-state index contributed by atoms with van der Waals surface area (Å²) < 4.78 is 145. The number of fused-ring (bicyclic) bond motifs is 5. The number of carboxylic acids is 1. The summed E-state index contributed by atoms with van der Waals surface area (Å²) in [6.07, 6.45) is 4.50. The van der Waals surface area contributed by atoms with Gasteiger partial charge in [-0.2, -0.15) is 0 Å². The lowest BCUT2D eigenvalue weighted by Crippen LogP contribution is -2.41. The van der Waals surface area contributed by atoms with Gasteiger partial charge in [0.05, 0.1) is 78.7 Å². The summed E-state index contributed by atoms with van der Waals surface area (Å²) in [5, 5.41) is 10.2. The molecule has 6 aliphatic heterocycles. The summed E-state index contributed by atoms with van der Waals surface area (Å²) >= 11 is 13.7. The normalized spacial score (nSPS) is 16.7. The molecule has 0 radical (unpaired) electrons. The van der Waals surface area contributed by atoms with E-state index in [0.717, 1.165) is 92.0 Å². The van der Waals surface area contributed by atoms with Gasteiger partial charge in [-0.3, -0.25) is 0 Å². The lowest BCUT2D eigenvalue weighted by atomic mass is 9.77. The van der Waals surface area contributed by atoms with Gasteiger partial charge in [-0.1, -0.05) is 17.7 Å². The fourth-order valence-electron chi connectivity index (χ4n) is 14.6. The molecule has 0 spiro atoms. The number of aryl methyl sites for hydroxylation is 8. The number of hydrogen-bond acceptors (Lipinski definition) is 18. The maximum atomic E-state index is 15.4. The molecule has 1 saturated heterocycles. The minimum Gasteiger partial charge on any atom is -0.490 e. The predicted octanol–water partition coefficient (Wildman–Crippen LogP) is 22.3. The van der Waals surface area contributed by atoms with Crippen LogP contribution in [0.4, 0.5) is 22.0 Å². The van der Waals surface area contributed by atoms with Crippen molar-refractivity contribution in [2.75, 3.05) is 46.2 Å². The highest BCUT2D eigenvalue weighted by Crippen LogP contribution is 2.53. The monoisotopic (exact) mass is 1730 g/mol. The molecule has 0 bridgehead atoms. The van der Waals surface area contributed by atoms with Gasteiger partial charge >= 0.3 is 25.0 Å². The number of hydrogen-bond donors (Lipinski definition) is 1. The molecule has 27 heteroatoms. The molecule has 0 saturated carbocycles. The molecular weight excluding hydrogens is 1630 g/mol. The second-order valence-electron chi connectivity index (χ2n) is 33.0. The van der Waals surface area contributed by atoms with Gasteiger partial charge in [0.25, 0.3) is 0 Å². The van der Waals surface area contributed by atoms with Crippen molar-refractivity contribution in [3.05, 3.63) is 158 Å². The van der Waals surface area contributed by atoms with Crippen molar-refractivity contribution in [3.63, 3.8) is 0 Å². The Morgan fingerprint density at radius 2 is 0.765 bits per heavy atom. The van der Waals surface area contributed by atoms with E-state index in [1.54, 1.807) is 34.6 Å². The van der Waals surface area contributed by atoms with E-state index in [-0.39, 0.29) is 35.4 Å². The molecule has 620 valence electrons.